The topological polar surface area (TPSA) is 35.5 Å². The molecule has 0 heterocycles. The molecule has 2 rings (SSSR count). The molecule has 0 unspecified atom stereocenters. The summed E-state index contributed by atoms with van der Waals surface area (Å²) in [4.78, 5) is 0. The zero-order valence-corrected chi connectivity index (χ0v) is 16.0. The Balaban J connectivity index is 2.61. The first-order valence-electron chi connectivity index (χ1n) is 7.33. The summed E-state index contributed by atoms with van der Waals surface area (Å²) >= 11 is 6.54. The van der Waals surface area contributed by atoms with Crippen LogP contribution in [0.25, 0.3) is 0 Å². The predicted molar refractivity (Wildman–Crippen MR) is 97.7 cm³/mol. The summed E-state index contributed by atoms with van der Waals surface area (Å²) in [6.45, 7) is 4.50. The summed E-state index contributed by atoms with van der Waals surface area (Å²) in [7, 11) is 3.26. The monoisotopic (exact) mass is 352 g/mol. The number of aryl methyl sites for hydroxylation is 4. The number of hydrogen-bond donors (Lipinski definition) is 0. The minimum Gasteiger partial charge on any atom is -0.496 e. The van der Waals surface area contributed by atoms with Gasteiger partial charge >= 0.3 is 0 Å². The summed E-state index contributed by atoms with van der Waals surface area (Å²) in [5.41, 5.74) is 3.69. The molecule has 2 aromatic carbocycles. The van der Waals surface area contributed by atoms with E-state index >= 15 is 0 Å². The molecule has 0 saturated carbocycles. The van der Waals surface area contributed by atoms with Gasteiger partial charge in [0.05, 0.1) is 14.2 Å². The molecular formula is C18H22ClO3P. The summed E-state index contributed by atoms with van der Waals surface area (Å²) in [6.07, 6.45) is 0. The van der Waals surface area contributed by atoms with Crippen molar-refractivity contribution in [2.24, 2.45) is 0 Å². The third kappa shape index (κ3) is 3.27. The highest BCUT2D eigenvalue weighted by Gasteiger charge is 2.27. The van der Waals surface area contributed by atoms with Gasteiger partial charge in [0.15, 0.2) is 0 Å². The Bertz CT molecular complexity index is 689. The zero-order chi connectivity index (χ0) is 17.4. The first kappa shape index (κ1) is 17.9. The number of hydrogen-bond acceptors (Lipinski definition) is 3. The fraction of sp³-hybridized carbons (Fsp3) is 0.333. The van der Waals surface area contributed by atoms with E-state index in [0.29, 0.717) is 10.6 Å². The normalized spacial score (nSPS) is 11.4. The Hall–Kier alpha value is -1.44. The Morgan fingerprint density at radius 2 is 1.00 bits per heavy atom. The average molecular weight is 353 g/mol. The van der Waals surface area contributed by atoms with Crippen LogP contribution in [-0.2, 0) is 4.57 Å². The van der Waals surface area contributed by atoms with E-state index in [1.807, 2.05) is 52.0 Å². The first-order valence-corrected chi connectivity index (χ1v) is 9.94. The lowest BCUT2D eigenvalue weighted by molar-refractivity contribution is 0.408. The van der Waals surface area contributed by atoms with Crippen LogP contribution in [0.15, 0.2) is 24.3 Å². The summed E-state index contributed by atoms with van der Waals surface area (Å²) < 4.78 is 24.0. The highest BCUT2D eigenvalue weighted by Crippen LogP contribution is 2.50. The largest absolute Gasteiger partial charge is 0.496 e. The Kier molecular flexibility index (Phi) is 5.13. The van der Waals surface area contributed by atoms with Gasteiger partial charge in [-0.15, -0.1) is 0 Å². The van der Waals surface area contributed by atoms with E-state index in [0.717, 1.165) is 33.8 Å². The molecule has 0 aromatic heterocycles. The summed E-state index contributed by atoms with van der Waals surface area (Å²) in [6, 6.07) is 7.37. The molecular weight excluding hydrogens is 331 g/mol. The molecule has 124 valence electrons. The van der Waals surface area contributed by atoms with Gasteiger partial charge in [-0.3, -0.25) is 4.57 Å². The van der Waals surface area contributed by atoms with Gasteiger partial charge in [0.1, 0.15) is 11.5 Å². The van der Waals surface area contributed by atoms with Crippen LogP contribution in [0.1, 0.15) is 22.3 Å². The van der Waals surface area contributed by atoms with Crippen LogP contribution < -0.4 is 20.1 Å². The van der Waals surface area contributed by atoms with Gasteiger partial charge in [-0.2, -0.15) is 0 Å². The van der Waals surface area contributed by atoms with E-state index in [4.69, 9.17) is 20.7 Å². The van der Waals surface area contributed by atoms with Gasteiger partial charge in [0.25, 0.3) is 0 Å². The van der Waals surface area contributed by atoms with Crippen LogP contribution in [0.2, 0.25) is 0 Å². The Morgan fingerprint density at radius 1 is 0.739 bits per heavy atom. The molecule has 23 heavy (non-hydrogen) atoms. The molecule has 0 aliphatic carbocycles. The molecule has 0 spiro atoms. The lowest BCUT2D eigenvalue weighted by atomic mass is 10.1. The second-order valence-electron chi connectivity index (χ2n) is 5.76. The van der Waals surface area contributed by atoms with Crippen molar-refractivity contribution in [1.82, 2.24) is 0 Å². The van der Waals surface area contributed by atoms with Crippen LogP contribution >= 0.6 is 17.7 Å². The highest BCUT2D eigenvalue weighted by atomic mass is 35.7. The molecule has 0 bridgehead atoms. The number of methoxy groups -OCH3 is 2. The molecule has 0 fully saturated rings. The van der Waals surface area contributed by atoms with Gasteiger partial charge in [0.2, 0.25) is 6.49 Å². The molecule has 0 aliphatic rings. The van der Waals surface area contributed by atoms with E-state index in [9.17, 15) is 4.57 Å². The maximum absolute atomic E-state index is 13.3. The van der Waals surface area contributed by atoms with Crippen molar-refractivity contribution < 1.29 is 14.0 Å². The predicted octanol–water partition coefficient (Wildman–Crippen LogP) is 4.41. The molecule has 3 nitrogen and oxygen atoms in total. The Morgan fingerprint density at radius 3 is 1.22 bits per heavy atom. The van der Waals surface area contributed by atoms with Gasteiger partial charge < -0.3 is 9.47 Å². The first-order chi connectivity index (χ1) is 10.7. The quantitative estimate of drug-likeness (QED) is 0.765. The molecule has 0 amide bonds. The Labute approximate surface area is 142 Å². The van der Waals surface area contributed by atoms with Gasteiger partial charge in [0, 0.05) is 10.6 Å². The minimum absolute atomic E-state index is 0.624. The van der Waals surface area contributed by atoms with Crippen molar-refractivity contribution in [3.05, 3.63) is 46.5 Å². The molecule has 2 aromatic rings. The van der Waals surface area contributed by atoms with E-state index < -0.39 is 6.49 Å². The fourth-order valence-corrected chi connectivity index (χ4v) is 5.30. The molecule has 0 atom stereocenters. The van der Waals surface area contributed by atoms with Crippen molar-refractivity contribution >= 4 is 28.3 Å². The average Bonchev–Trinajstić information content (AvgIpc) is 2.46. The zero-order valence-electron chi connectivity index (χ0n) is 14.4. The second-order valence-corrected chi connectivity index (χ2v) is 9.28. The lowest BCUT2D eigenvalue weighted by Gasteiger charge is -2.18. The molecule has 0 radical (unpaired) electrons. The number of halogens is 1. The molecule has 0 aliphatic heterocycles. The van der Waals surface area contributed by atoms with E-state index in [-0.39, 0.29) is 0 Å². The van der Waals surface area contributed by atoms with Crippen molar-refractivity contribution in [2.45, 2.75) is 27.7 Å². The van der Waals surface area contributed by atoms with E-state index in [1.165, 1.54) is 0 Å². The number of rotatable bonds is 4. The maximum atomic E-state index is 13.3. The van der Waals surface area contributed by atoms with Crippen LogP contribution in [0.3, 0.4) is 0 Å². The van der Waals surface area contributed by atoms with E-state index in [2.05, 4.69) is 0 Å². The number of benzene rings is 2. The van der Waals surface area contributed by atoms with Crippen LogP contribution in [0, 0.1) is 27.7 Å². The number of ether oxygens (including phenoxy) is 2. The lowest BCUT2D eigenvalue weighted by Crippen LogP contribution is -2.15. The smallest absolute Gasteiger partial charge is 0.225 e. The third-order valence-electron chi connectivity index (χ3n) is 3.96. The molecule has 5 heteroatoms. The summed E-state index contributed by atoms with van der Waals surface area (Å²) in [5.74, 6) is 1.60. The summed E-state index contributed by atoms with van der Waals surface area (Å²) in [5, 5.41) is 1.25. The molecule has 0 N–H and O–H groups in total. The third-order valence-corrected chi connectivity index (χ3v) is 6.98. The van der Waals surface area contributed by atoms with Crippen molar-refractivity contribution in [3.8, 4) is 11.5 Å². The molecule has 0 saturated heterocycles. The SMILES string of the molecule is COc1c(C)cc(P(=O)(Cl)c2cc(C)c(OC)c(C)c2)cc1C. The highest BCUT2D eigenvalue weighted by molar-refractivity contribution is 8.00. The van der Waals surface area contributed by atoms with Crippen molar-refractivity contribution in [3.63, 3.8) is 0 Å². The van der Waals surface area contributed by atoms with Gasteiger partial charge in [-0.05, 0) is 85.5 Å². The minimum atomic E-state index is -3.20. The van der Waals surface area contributed by atoms with Crippen molar-refractivity contribution in [1.29, 1.82) is 0 Å². The van der Waals surface area contributed by atoms with Crippen LogP contribution in [0.4, 0.5) is 0 Å². The van der Waals surface area contributed by atoms with Gasteiger partial charge in [-0.1, -0.05) is 0 Å². The van der Waals surface area contributed by atoms with Crippen LogP contribution in [0.5, 0.6) is 11.5 Å². The van der Waals surface area contributed by atoms with Gasteiger partial charge in [-0.25, -0.2) is 0 Å². The van der Waals surface area contributed by atoms with Crippen LogP contribution in [-0.4, -0.2) is 14.2 Å². The maximum Gasteiger partial charge on any atom is 0.225 e. The second kappa shape index (κ2) is 6.59. The van der Waals surface area contributed by atoms with Crippen molar-refractivity contribution in [2.75, 3.05) is 14.2 Å². The van der Waals surface area contributed by atoms with E-state index in [1.54, 1.807) is 14.2 Å². The standard InChI is InChI=1S/C18H22ClO3P/c1-11-7-15(8-12(2)17(11)21-5)23(19,20)16-9-13(3)18(22-6)14(4)10-16/h7-10H,1-6H3. The fourth-order valence-electron chi connectivity index (χ4n) is 2.98.